The third-order valence-electron chi connectivity index (χ3n) is 1.84. The predicted molar refractivity (Wildman–Crippen MR) is 55.1 cm³/mol. The van der Waals surface area contributed by atoms with E-state index in [1.54, 1.807) is 0 Å². The molecule has 1 aromatic carbocycles. The third kappa shape index (κ3) is 2.77. The maximum Gasteiger partial charge on any atom is 0.238 e. The lowest BCUT2D eigenvalue weighted by Gasteiger charge is -2.06. The first-order valence-electron chi connectivity index (χ1n) is 3.95. The Morgan fingerprint density at radius 2 is 1.62 bits per heavy atom. The van der Waals surface area contributed by atoms with Gasteiger partial charge in [0.2, 0.25) is 20.0 Å². The van der Waals surface area contributed by atoms with Crippen molar-refractivity contribution in [2.24, 2.45) is 10.3 Å². The number of hydrogen-bond donors (Lipinski definition) is 3. The van der Waals surface area contributed by atoms with Crippen molar-refractivity contribution in [2.45, 2.75) is 16.4 Å². The quantitative estimate of drug-likeness (QED) is 0.609. The molecule has 0 aliphatic heterocycles. The summed E-state index contributed by atoms with van der Waals surface area (Å²) < 4.78 is 44.2. The van der Waals surface area contributed by atoms with Crippen LogP contribution in [0.25, 0.3) is 0 Å². The van der Waals surface area contributed by atoms with Gasteiger partial charge < -0.3 is 5.11 Å². The summed E-state index contributed by atoms with van der Waals surface area (Å²) in [6.07, 6.45) is 0. The summed E-state index contributed by atoms with van der Waals surface area (Å²) >= 11 is 0. The minimum Gasteiger partial charge on any atom is -0.392 e. The molecule has 0 heterocycles. The fourth-order valence-electron chi connectivity index (χ4n) is 1.11. The van der Waals surface area contributed by atoms with Crippen molar-refractivity contribution < 1.29 is 21.9 Å². The molecule has 0 bridgehead atoms. The third-order valence-corrected chi connectivity index (χ3v) is 3.75. The second kappa shape index (κ2) is 4.11. The summed E-state index contributed by atoms with van der Waals surface area (Å²) in [5.74, 6) is 0. The molecule has 0 atom stereocenters. The van der Waals surface area contributed by atoms with Gasteiger partial charge in [-0.25, -0.2) is 27.1 Å². The van der Waals surface area contributed by atoms with E-state index in [9.17, 15) is 16.8 Å². The molecular formula is C7H10N2O5S2. The summed E-state index contributed by atoms with van der Waals surface area (Å²) in [7, 11) is -8.12. The van der Waals surface area contributed by atoms with Crippen LogP contribution in [0, 0.1) is 0 Å². The highest BCUT2D eigenvalue weighted by Gasteiger charge is 2.17. The predicted octanol–water partition coefficient (Wildman–Crippen LogP) is -1.53. The first-order valence-corrected chi connectivity index (χ1v) is 7.05. The average Bonchev–Trinajstić information content (AvgIpc) is 2.14. The largest absolute Gasteiger partial charge is 0.392 e. The van der Waals surface area contributed by atoms with Crippen LogP contribution in [0.2, 0.25) is 0 Å². The highest BCUT2D eigenvalue weighted by molar-refractivity contribution is 7.90. The van der Waals surface area contributed by atoms with Crippen LogP contribution in [0.3, 0.4) is 0 Å². The highest BCUT2D eigenvalue weighted by atomic mass is 32.2. The number of benzene rings is 1. The van der Waals surface area contributed by atoms with Crippen molar-refractivity contribution >= 4 is 20.0 Å². The van der Waals surface area contributed by atoms with Crippen LogP contribution in [-0.4, -0.2) is 21.9 Å². The van der Waals surface area contributed by atoms with Gasteiger partial charge in [-0.15, -0.1) is 0 Å². The van der Waals surface area contributed by atoms with Gasteiger partial charge in [0.15, 0.2) is 0 Å². The molecule has 5 N–H and O–H groups in total. The van der Waals surface area contributed by atoms with Crippen molar-refractivity contribution in [2.75, 3.05) is 0 Å². The lowest BCUT2D eigenvalue weighted by molar-refractivity contribution is 0.278. The molecule has 1 rings (SSSR count). The zero-order chi connectivity index (χ0) is 12.6. The van der Waals surface area contributed by atoms with Crippen LogP contribution >= 0.6 is 0 Å². The van der Waals surface area contributed by atoms with Crippen molar-refractivity contribution in [3.63, 3.8) is 0 Å². The van der Waals surface area contributed by atoms with E-state index in [0.717, 1.165) is 18.2 Å². The SMILES string of the molecule is NS(=O)(=O)c1ccc(CO)c(S(N)(=O)=O)c1. The molecule has 0 radical (unpaired) electrons. The summed E-state index contributed by atoms with van der Waals surface area (Å²) in [4.78, 5) is -0.838. The normalized spacial score (nSPS) is 12.7. The summed E-state index contributed by atoms with van der Waals surface area (Å²) in [5, 5.41) is 18.6. The number of nitrogens with two attached hydrogens (primary N) is 2. The molecule has 9 heteroatoms. The summed E-state index contributed by atoms with van der Waals surface area (Å²) in [5.41, 5.74) is 0.00917. The minimum atomic E-state index is -4.11. The molecule has 0 spiro atoms. The second-order valence-electron chi connectivity index (χ2n) is 3.02. The Labute approximate surface area is 92.8 Å². The smallest absolute Gasteiger partial charge is 0.238 e. The molecule has 0 saturated heterocycles. The number of rotatable bonds is 3. The monoisotopic (exact) mass is 266 g/mol. The zero-order valence-electron chi connectivity index (χ0n) is 7.99. The Kier molecular flexibility index (Phi) is 3.35. The number of primary sulfonamides is 2. The van der Waals surface area contributed by atoms with Gasteiger partial charge in [-0.1, -0.05) is 6.07 Å². The van der Waals surface area contributed by atoms with E-state index in [1.165, 1.54) is 0 Å². The molecule has 0 aliphatic carbocycles. The van der Waals surface area contributed by atoms with Gasteiger partial charge >= 0.3 is 0 Å². The minimum absolute atomic E-state index is 0.00917. The molecule has 16 heavy (non-hydrogen) atoms. The van der Waals surface area contributed by atoms with E-state index in [1.807, 2.05) is 0 Å². The molecule has 0 aliphatic rings. The Hall–Kier alpha value is -1.00. The molecule has 0 saturated carbocycles. The lowest BCUT2D eigenvalue weighted by atomic mass is 10.2. The van der Waals surface area contributed by atoms with Gasteiger partial charge in [0.25, 0.3) is 0 Å². The fraction of sp³-hybridized carbons (Fsp3) is 0.143. The van der Waals surface area contributed by atoms with Gasteiger partial charge in [0.05, 0.1) is 16.4 Å². The van der Waals surface area contributed by atoms with Crippen LogP contribution in [0.1, 0.15) is 5.56 Å². The van der Waals surface area contributed by atoms with Crippen LogP contribution in [-0.2, 0) is 26.7 Å². The standard InChI is InChI=1S/C7H10N2O5S2/c8-15(11,12)6-2-1-5(4-10)7(3-6)16(9,13)14/h1-3,10H,4H2,(H2,8,11,12)(H2,9,13,14). The van der Waals surface area contributed by atoms with Crippen LogP contribution in [0.4, 0.5) is 0 Å². The molecule has 7 nitrogen and oxygen atoms in total. The van der Waals surface area contributed by atoms with E-state index >= 15 is 0 Å². The maximum atomic E-state index is 11.1. The maximum absolute atomic E-state index is 11.1. The van der Waals surface area contributed by atoms with E-state index in [4.69, 9.17) is 15.4 Å². The molecule has 0 fully saturated rings. The summed E-state index contributed by atoms with van der Waals surface area (Å²) in [6, 6.07) is 3.05. The molecule has 1 aromatic rings. The Balaban J connectivity index is 3.58. The van der Waals surface area contributed by atoms with Gasteiger partial charge in [0, 0.05) is 0 Å². The molecule has 90 valence electrons. The van der Waals surface area contributed by atoms with Gasteiger partial charge in [-0.2, -0.15) is 0 Å². The molecular weight excluding hydrogens is 256 g/mol. The first-order chi connectivity index (χ1) is 7.16. The number of aliphatic hydroxyl groups excluding tert-OH is 1. The second-order valence-corrected chi connectivity index (χ2v) is 6.11. The van der Waals surface area contributed by atoms with Crippen molar-refractivity contribution in [1.29, 1.82) is 0 Å². The number of sulfonamides is 2. The zero-order valence-corrected chi connectivity index (χ0v) is 9.62. The highest BCUT2D eigenvalue weighted by Crippen LogP contribution is 2.18. The van der Waals surface area contributed by atoms with Crippen LogP contribution in [0.15, 0.2) is 28.0 Å². The fourth-order valence-corrected chi connectivity index (χ4v) is 2.51. The summed E-state index contributed by atoms with van der Waals surface area (Å²) in [6.45, 7) is -0.573. The Bertz CT molecular complexity index is 606. The molecule has 0 amide bonds. The van der Waals surface area contributed by atoms with E-state index < -0.39 is 31.5 Å². The topological polar surface area (TPSA) is 141 Å². The van der Waals surface area contributed by atoms with E-state index in [0.29, 0.717) is 0 Å². The van der Waals surface area contributed by atoms with Crippen molar-refractivity contribution in [1.82, 2.24) is 0 Å². The van der Waals surface area contributed by atoms with Crippen molar-refractivity contribution in [3.05, 3.63) is 23.8 Å². The van der Waals surface area contributed by atoms with Crippen molar-refractivity contribution in [3.8, 4) is 0 Å². The number of hydrogen-bond acceptors (Lipinski definition) is 5. The van der Waals surface area contributed by atoms with E-state index in [2.05, 4.69) is 0 Å². The first kappa shape index (κ1) is 13.1. The lowest BCUT2D eigenvalue weighted by Crippen LogP contribution is -2.17. The Morgan fingerprint density at radius 1 is 1.06 bits per heavy atom. The average molecular weight is 266 g/mol. The molecule has 0 unspecified atom stereocenters. The van der Waals surface area contributed by atoms with Crippen LogP contribution in [0.5, 0.6) is 0 Å². The number of aliphatic hydroxyl groups is 1. The Morgan fingerprint density at radius 3 is 2.00 bits per heavy atom. The molecule has 0 aromatic heterocycles. The van der Waals surface area contributed by atoms with E-state index in [-0.39, 0.29) is 10.5 Å². The van der Waals surface area contributed by atoms with Crippen LogP contribution < -0.4 is 10.3 Å². The van der Waals surface area contributed by atoms with Gasteiger partial charge in [0.1, 0.15) is 0 Å². The van der Waals surface area contributed by atoms with Gasteiger partial charge in [-0.3, -0.25) is 0 Å². The van der Waals surface area contributed by atoms with Gasteiger partial charge in [-0.05, 0) is 17.7 Å².